The molecule has 0 radical (unpaired) electrons. The van der Waals surface area contributed by atoms with Gasteiger partial charge in [0.2, 0.25) is 0 Å². The van der Waals surface area contributed by atoms with Crippen LogP contribution >= 0.6 is 11.6 Å². The third-order valence-corrected chi connectivity index (χ3v) is 2.60. The average Bonchev–Trinajstić information content (AvgIpc) is 2.66. The lowest BCUT2D eigenvalue weighted by Gasteiger charge is -2.01. The molecule has 16 heavy (non-hydrogen) atoms. The Morgan fingerprint density at radius 2 is 2.31 bits per heavy atom. The topological polar surface area (TPSA) is 17.8 Å². The van der Waals surface area contributed by atoms with Crippen LogP contribution in [0.4, 0.5) is 4.39 Å². The third kappa shape index (κ3) is 2.61. The normalized spacial score (nSPS) is 12.7. The quantitative estimate of drug-likeness (QED) is 0.750. The van der Waals surface area contributed by atoms with Crippen molar-refractivity contribution < 1.29 is 4.39 Å². The van der Waals surface area contributed by atoms with Gasteiger partial charge in [-0.25, -0.2) is 4.39 Å². The van der Waals surface area contributed by atoms with Gasteiger partial charge >= 0.3 is 0 Å². The molecule has 0 fully saturated rings. The van der Waals surface area contributed by atoms with E-state index in [-0.39, 0.29) is 11.2 Å². The zero-order valence-corrected chi connectivity index (χ0v) is 9.65. The highest BCUT2D eigenvalue weighted by molar-refractivity contribution is 6.20. The first-order valence-corrected chi connectivity index (χ1v) is 5.49. The Hall–Kier alpha value is -1.35. The van der Waals surface area contributed by atoms with E-state index in [1.165, 1.54) is 12.1 Å². The zero-order valence-electron chi connectivity index (χ0n) is 8.90. The van der Waals surface area contributed by atoms with Gasteiger partial charge in [0, 0.05) is 11.8 Å². The number of alkyl halides is 1. The number of benzene rings is 1. The minimum Gasteiger partial charge on any atom is -0.268 e. The SMILES string of the molecule is CC(Cl)c1cnn(Cc2cccc(F)c2)c1. The van der Waals surface area contributed by atoms with Crippen LogP contribution < -0.4 is 0 Å². The maximum absolute atomic E-state index is 13.0. The number of aromatic nitrogens is 2. The van der Waals surface area contributed by atoms with E-state index < -0.39 is 0 Å². The monoisotopic (exact) mass is 238 g/mol. The van der Waals surface area contributed by atoms with Crippen LogP contribution in [0.25, 0.3) is 0 Å². The lowest BCUT2D eigenvalue weighted by molar-refractivity contribution is 0.619. The van der Waals surface area contributed by atoms with Crippen molar-refractivity contribution in [1.82, 2.24) is 9.78 Å². The minimum absolute atomic E-state index is 0.0544. The maximum Gasteiger partial charge on any atom is 0.123 e. The average molecular weight is 239 g/mol. The van der Waals surface area contributed by atoms with Crippen molar-refractivity contribution in [2.75, 3.05) is 0 Å². The molecule has 0 aliphatic rings. The largest absolute Gasteiger partial charge is 0.268 e. The summed E-state index contributed by atoms with van der Waals surface area (Å²) in [6, 6.07) is 6.50. The summed E-state index contributed by atoms with van der Waals surface area (Å²) >= 11 is 5.93. The van der Waals surface area contributed by atoms with Crippen molar-refractivity contribution in [3.63, 3.8) is 0 Å². The van der Waals surface area contributed by atoms with Crippen LogP contribution in [0.15, 0.2) is 36.7 Å². The predicted octanol–water partition coefficient (Wildman–Crippen LogP) is 3.37. The summed E-state index contributed by atoms with van der Waals surface area (Å²) in [6.07, 6.45) is 3.61. The fraction of sp³-hybridized carbons (Fsp3) is 0.250. The number of hydrogen-bond donors (Lipinski definition) is 0. The summed E-state index contributed by atoms with van der Waals surface area (Å²) in [5.41, 5.74) is 1.86. The first-order valence-electron chi connectivity index (χ1n) is 5.06. The number of rotatable bonds is 3. The fourth-order valence-electron chi connectivity index (χ4n) is 1.49. The Balaban J connectivity index is 2.14. The molecule has 0 aliphatic carbocycles. The van der Waals surface area contributed by atoms with Crippen molar-refractivity contribution in [2.24, 2.45) is 0 Å². The van der Waals surface area contributed by atoms with Gasteiger partial charge in [-0.3, -0.25) is 4.68 Å². The molecule has 0 aliphatic heterocycles. The van der Waals surface area contributed by atoms with Gasteiger partial charge in [0.25, 0.3) is 0 Å². The molecule has 1 heterocycles. The summed E-state index contributed by atoms with van der Waals surface area (Å²) in [6.45, 7) is 2.45. The second kappa shape index (κ2) is 4.66. The molecule has 1 aromatic heterocycles. The van der Waals surface area contributed by atoms with Crippen LogP contribution in [0.3, 0.4) is 0 Å². The summed E-state index contributed by atoms with van der Waals surface area (Å²) in [7, 11) is 0. The van der Waals surface area contributed by atoms with Gasteiger partial charge in [0.1, 0.15) is 5.82 Å². The van der Waals surface area contributed by atoms with Crippen molar-refractivity contribution in [2.45, 2.75) is 18.8 Å². The van der Waals surface area contributed by atoms with E-state index in [4.69, 9.17) is 11.6 Å². The minimum atomic E-state index is -0.226. The molecule has 0 bridgehead atoms. The van der Waals surface area contributed by atoms with Gasteiger partial charge in [-0.05, 0) is 24.6 Å². The molecule has 1 atom stereocenters. The second-order valence-corrected chi connectivity index (χ2v) is 4.37. The molecular weight excluding hydrogens is 227 g/mol. The summed E-state index contributed by atoms with van der Waals surface area (Å²) in [5, 5.41) is 4.12. The molecule has 0 amide bonds. The van der Waals surface area contributed by atoms with Crippen LogP contribution in [-0.2, 0) is 6.54 Å². The van der Waals surface area contributed by atoms with Gasteiger partial charge in [0.15, 0.2) is 0 Å². The van der Waals surface area contributed by atoms with Crippen LogP contribution in [0, 0.1) is 5.82 Å². The lowest BCUT2D eigenvalue weighted by Crippen LogP contribution is -2.00. The second-order valence-electron chi connectivity index (χ2n) is 3.72. The standard InChI is InChI=1S/C12H12ClFN2/c1-9(13)11-6-15-16(8-11)7-10-3-2-4-12(14)5-10/h2-6,8-9H,7H2,1H3. The van der Waals surface area contributed by atoms with E-state index in [0.29, 0.717) is 6.54 Å². The van der Waals surface area contributed by atoms with Gasteiger partial charge < -0.3 is 0 Å². The summed E-state index contributed by atoms with van der Waals surface area (Å²) in [5.74, 6) is -0.226. The third-order valence-electron chi connectivity index (χ3n) is 2.35. The zero-order chi connectivity index (χ0) is 11.5. The fourth-order valence-corrected chi connectivity index (χ4v) is 1.61. The summed E-state index contributed by atoms with van der Waals surface area (Å²) in [4.78, 5) is 0. The molecule has 0 spiro atoms. The van der Waals surface area contributed by atoms with Crippen LogP contribution in [-0.4, -0.2) is 9.78 Å². The molecule has 2 rings (SSSR count). The molecule has 1 unspecified atom stereocenters. The van der Waals surface area contributed by atoms with Crippen LogP contribution in [0.1, 0.15) is 23.4 Å². The maximum atomic E-state index is 13.0. The Labute approximate surface area is 98.7 Å². The van der Waals surface area contributed by atoms with E-state index >= 15 is 0 Å². The Morgan fingerprint density at radius 3 is 2.94 bits per heavy atom. The number of halogens is 2. The summed E-state index contributed by atoms with van der Waals surface area (Å²) < 4.78 is 14.7. The lowest BCUT2D eigenvalue weighted by atomic mass is 10.2. The van der Waals surface area contributed by atoms with Crippen LogP contribution in [0.5, 0.6) is 0 Å². The molecule has 84 valence electrons. The van der Waals surface area contributed by atoms with Crippen LogP contribution in [0.2, 0.25) is 0 Å². The van der Waals surface area contributed by atoms with Crippen molar-refractivity contribution in [3.05, 3.63) is 53.6 Å². The van der Waals surface area contributed by atoms with Crippen molar-refractivity contribution in [1.29, 1.82) is 0 Å². The highest BCUT2D eigenvalue weighted by Crippen LogP contribution is 2.18. The highest BCUT2D eigenvalue weighted by atomic mass is 35.5. The van der Waals surface area contributed by atoms with Gasteiger partial charge in [0.05, 0.1) is 18.1 Å². The molecule has 0 saturated heterocycles. The first-order chi connectivity index (χ1) is 7.65. The Morgan fingerprint density at radius 1 is 1.50 bits per heavy atom. The van der Waals surface area contributed by atoms with E-state index in [9.17, 15) is 4.39 Å². The molecule has 2 nitrogen and oxygen atoms in total. The number of hydrogen-bond acceptors (Lipinski definition) is 1. The van der Waals surface area contributed by atoms with Gasteiger partial charge in [-0.15, -0.1) is 11.6 Å². The van der Waals surface area contributed by atoms with Gasteiger partial charge in [-0.2, -0.15) is 5.10 Å². The van der Waals surface area contributed by atoms with Crippen molar-refractivity contribution >= 4 is 11.6 Å². The smallest absolute Gasteiger partial charge is 0.123 e. The Kier molecular flexibility index (Phi) is 3.25. The Bertz CT molecular complexity index is 479. The molecular formula is C12H12ClFN2. The highest BCUT2D eigenvalue weighted by Gasteiger charge is 2.04. The molecule has 2 aromatic rings. The van der Waals surface area contributed by atoms with Crippen molar-refractivity contribution in [3.8, 4) is 0 Å². The molecule has 4 heteroatoms. The first kappa shape index (κ1) is 11.1. The van der Waals surface area contributed by atoms with E-state index in [1.54, 1.807) is 16.9 Å². The van der Waals surface area contributed by atoms with E-state index in [0.717, 1.165) is 11.1 Å². The predicted molar refractivity (Wildman–Crippen MR) is 62.0 cm³/mol. The van der Waals surface area contributed by atoms with Gasteiger partial charge in [-0.1, -0.05) is 12.1 Å². The number of nitrogens with zero attached hydrogens (tertiary/aromatic N) is 2. The van der Waals surface area contributed by atoms with E-state index in [2.05, 4.69) is 5.10 Å². The molecule has 0 N–H and O–H groups in total. The van der Waals surface area contributed by atoms with E-state index in [1.807, 2.05) is 19.2 Å². The molecule has 1 aromatic carbocycles. The molecule has 0 saturated carbocycles.